The van der Waals surface area contributed by atoms with Crippen LogP contribution in [0.3, 0.4) is 0 Å². The second-order valence-corrected chi connectivity index (χ2v) is 12.7. The molecule has 0 bridgehead atoms. The van der Waals surface area contributed by atoms with E-state index in [0.717, 1.165) is 55.2 Å². The minimum absolute atomic E-state index is 0.0413. The molecule has 4 atom stereocenters. The third kappa shape index (κ3) is 5.90. The molecule has 7 heteroatoms. The van der Waals surface area contributed by atoms with Crippen molar-refractivity contribution in [3.63, 3.8) is 0 Å². The largest absolute Gasteiger partial charge is 0.350 e. The molecule has 3 fully saturated rings. The molecule has 230 valence electrons. The summed E-state index contributed by atoms with van der Waals surface area (Å²) in [4.78, 5) is 45.6. The van der Waals surface area contributed by atoms with Crippen molar-refractivity contribution in [3.05, 3.63) is 108 Å². The van der Waals surface area contributed by atoms with Gasteiger partial charge in [0.2, 0.25) is 17.7 Å². The Kier molecular flexibility index (Phi) is 9.12. The zero-order valence-corrected chi connectivity index (χ0v) is 25.4. The number of carbonyl (C=O) groups is 3. The van der Waals surface area contributed by atoms with Crippen LogP contribution in [0, 0.1) is 0 Å². The van der Waals surface area contributed by atoms with Crippen molar-refractivity contribution >= 4 is 17.7 Å². The number of likely N-dealkylation sites (tertiary alicyclic amines) is 2. The Bertz CT molecular complexity index is 1330. The van der Waals surface area contributed by atoms with E-state index in [0.29, 0.717) is 25.9 Å². The van der Waals surface area contributed by atoms with Gasteiger partial charge in [0, 0.05) is 31.6 Å². The third-order valence-electron chi connectivity index (χ3n) is 10.1. The van der Waals surface area contributed by atoms with Gasteiger partial charge in [0.05, 0.1) is 5.41 Å². The SMILES string of the molecule is N[C@H]1CCCC[C@@H]1NC(=O)[C@H]1CCCN1C(=O)[C@@H]1CCCN1C(=O)CC(c1ccccc1)(c1ccccc1)c1ccccc1. The molecule has 0 aromatic heterocycles. The van der Waals surface area contributed by atoms with Crippen molar-refractivity contribution in [3.8, 4) is 0 Å². The van der Waals surface area contributed by atoms with E-state index in [1.165, 1.54) is 0 Å². The summed E-state index contributed by atoms with van der Waals surface area (Å²) in [5.74, 6) is -0.262. The summed E-state index contributed by atoms with van der Waals surface area (Å²) in [7, 11) is 0. The van der Waals surface area contributed by atoms with E-state index in [1.807, 2.05) is 54.6 Å². The summed E-state index contributed by atoms with van der Waals surface area (Å²) in [5, 5.41) is 3.17. The first kappa shape index (κ1) is 30.1. The normalized spacial score (nSPS) is 23.8. The van der Waals surface area contributed by atoms with Gasteiger partial charge in [-0.05, 0) is 55.2 Å². The van der Waals surface area contributed by atoms with Gasteiger partial charge >= 0.3 is 0 Å². The smallest absolute Gasteiger partial charge is 0.246 e. The number of rotatable bonds is 8. The van der Waals surface area contributed by atoms with Gasteiger partial charge in [0.1, 0.15) is 12.1 Å². The van der Waals surface area contributed by atoms with Crippen LogP contribution in [0.25, 0.3) is 0 Å². The molecule has 1 saturated carbocycles. The molecule has 2 aliphatic heterocycles. The predicted octanol–water partition coefficient (Wildman–Crippen LogP) is 4.78. The lowest BCUT2D eigenvalue weighted by Gasteiger charge is -2.38. The number of carbonyl (C=O) groups excluding carboxylic acids is 3. The van der Waals surface area contributed by atoms with Crippen molar-refractivity contribution in [2.75, 3.05) is 13.1 Å². The summed E-state index contributed by atoms with van der Waals surface area (Å²) < 4.78 is 0. The molecule has 2 heterocycles. The fourth-order valence-electron chi connectivity index (χ4n) is 7.74. The number of nitrogens with one attached hydrogen (secondary N) is 1. The molecule has 0 unspecified atom stereocenters. The highest BCUT2D eigenvalue weighted by Crippen LogP contribution is 2.43. The summed E-state index contributed by atoms with van der Waals surface area (Å²) >= 11 is 0. The average Bonchev–Trinajstić information content (AvgIpc) is 3.77. The monoisotopic (exact) mass is 592 g/mol. The van der Waals surface area contributed by atoms with Crippen molar-refractivity contribution < 1.29 is 14.4 Å². The second kappa shape index (κ2) is 13.3. The maximum absolute atomic E-state index is 14.5. The molecule has 3 aromatic carbocycles. The van der Waals surface area contributed by atoms with Crippen LogP contribution in [0.1, 0.15) is 74.5 Å². The first-order chi connectivity index (χ1) is 21.5. The van der Waals surface area contributed by atoms with Crippen molar-refractivity contribution in [1.82, 2.24) is 15.1 Å². The first-order valence-corrected chi connectivity index (χ1v) is 16.3. The molecule has 7 nitrogen and oxygen atoms in total. The fourth-order valence-corrected chi connectivity index (χ4v) is 7.74. The van der Waals surface area contributed by atoms with Crippen LogP contribution in [-0.2, 0) is 19.8 Å². The van der Waals surface area contributed by atoms with E-state index < -0.39 is 17.5 Å². The Hall–Kier alpha value is -3.97. The highest BCUT2D eigenvalue weighted by molar-refractivity contribution is 5.93. The van der Waals surface area contributed by atoms with Crippen LogP contribution >= 0.6 is 0 Å². The molecule has 3 N–H and O–H groups in total. The minimum Gasteiger partial charge on any atom is -0.350 e. The van der Waals surface area contributed by atoms with E-state index >= 15 is 0 Å². The van der Waals surface area contributed by atoms with Crippen LogP contribution in [0.15, 0.2) is 91.0 Å². The molecular weight excluding hydrogens is 548 g/mol. The third-order valence-corrected chi connectivity index (χ3v) is 10.1. The summed E-state index contributed by atoms with van der Waals surface area (Å²) in [6, 6.07) is 29.4. The molecule has 1 aliphatic carbocycles. The zero-order valence-electron chi connectivity index (χ0n) is 25.4. The molecule has 3 aliphatic rings. The molecule has 44 heavy (non-hydrogen) atoms. The maximum Gasteiger partial charge on any atom is 0.246 e. The molecule has 0 spiro atoms. The molecular formula is C37H44N4O3. The van der Waals surface area contributed by atoms with Gasteiger partial charge in [-0.2, -0.15) is 0 Å². The van der Waals surface area contributed by atoms with Crippen LogP contribution in [0.4, 0.5) is 0 Å². The second-order valence-electron chi connectivity index (χ2n) is 12.7. The van der Waals surface area contributed by atoms with Crippen molar-refractivity contribution in [2.45, 2.75) is 87.4 Å². The van der Waals surface area contributed by atoms with Gasteiger partial charge in [-0.15, -0.1) is 0 Å². The predicted molar refractivity (Wildman–Crippen MR) is 172 cm³/mol. The number of amides is 3. The van der Waals surface area contributed by atoms with Crippen LogP contribution in [-0.4, -0.2) is 64.8 Å². The fraction of sp³-hybridized carbons (Fsp3) is 0.432. The Balaban J connectivity index is 1.26. The van der Waals surface area contributed by atoms with Gasteiger partial charge < -0.3 is 20.9 Å². The maximum atomic E-state index is 14.5. The lowest BCUT2D eigenvalue weighted by molar-refractivity contribution is -0.147. The number of nitrogens with zero attached hydrogens (tertiary/aromatic N) is 2. The number of benzene rings is 3. The quantitative estimate of drug-likeness (QED) is 0.368. The van der Waals surface area contributed by atoms with Gasteiger partial charge in [-0.25, -0.2) is 0 Å². The van der Waals surface area contributed by atoms with Crippen molar-refractivity contribution in [2.24, 2.45) is 5.73 Å². The van der Waals surface area contributed by atoms with Gasteiger partial charge in [0.25, 0.3) is 0 Å². The number of hydrogen-bond acceptors (Lipinski definition) is 4. The Morgan fingerprint density at radius 2 is 1.16 bits per heavy atom. The number of nitrogens with two attached hydrogens (primary N) is 1. The summed E-state index contributed by atoms with van der Waals surface area (Å²) in [6.45, 7) is 1.07. The zero-order chi connectivity index (χ0) is 30.5. The van der Waals surface area contributed by atoms with Crippen LogP contribution in [0.5, 0.6) is 0 Å². The van der Waals surface area contributed by atoms with Crippen LogP contribution < -0.4 is 11.1 Å². The summed E-state index contributed by atoms with van der Waals surface area (Å²) in [6.07, 6.45) is 6.92. The molecule has 3 aromatic rings. The van der Waals surface area contributed by atoms with E-state index in [1.54, 1.807) is 9.80 Å². The minimum atomic E-state index is -0.730. The molecule has 2 saturated heterocycles. The Morgan fingerprint density at radius 1 is 0.659 bits per heavy atom. The van der Waals surface area contributed by atoms with E-state index in [9.17, 15) is 14.4 Å². The lowest BCUT2D eigenvalue weighted by Crippen LogP contribution is -2.57. The standard InChI is InChI=1S/C37H44N4O3/c38-30-20-10-11-21-31(30)39-35(43)32-22-12-25-41(32)36(44)33-23-13-24-40(33)34(42)26-37(27-14-4-1-5-15-27,28-16-6-2-7-17-28)29-18-8-3-9-19-29/h1-9,14-19,30-33H,10-13,20-26,38H2,(H,39,43)/t30-,31-,32+,33-/m0/s1. The lowest BCUT2D eigenvalue weighted by atomic mass is 9.67. The van der Waals surface area contributed by atoms with Gasteiger partial charge in [0.15, 0.2) is 0 Å². The molecule has 0 radical (unpaired) electrons. The van der Waals surface area contributed by atoms with E-state index in [-0.39, 0.29) is 36.2 Å². The molecule has 6 rings (SSSR count). The average molecular weight is 593 g/mol. The van der Waals surface area contributed by atoms with Crippen LogP contribution in [0.2, 0.25) is 0 Å². The van der Waals surface area contributed by atoms with E-state index in [4.69, 9.17) is 5.73 Å². The highest BCUT2D eigenvalue weighted by atomic mass is 16.2. The molecule has 3 amide bonds. The first-order valence-electron chi connectivity index (χ1n) is 16.3. The van der Waals surface area contributed by atoms with Crippen molar-refractivity contribution in [1.29, 1.82) is 0 Å². The van der Waals surface area contributed by atoms with E-state index in [2.05, 4.69) is 41.7 Å². The van der Waals surface area contributed by atoms with Gasteiger partial charge in [-0.3, -0.25) is 14.4 Å². The number of hydrogen-bond donors (Lipinski definition) is 2. The Morgan fingerprint density at radius 3 is 1.70 bits per heavy atom. The Labute approximate surface area is 260 Å². The highest BCUT2D eigenvalue weighted by Gasteiger charge is 2.45. The topological polar surface area (TPSA) is 95.7 Å². The summed E-state index contributed by atoms with van der Waals surface area (Å²) in [5.41, 5.74) is 8.68. The van der Waals surface area contributed by atoms with Gasteiger partial charge in [-0.1, -0.05) is 104 Å².